The van der Waals surface area contributed by atoms with Crippen LogP contribution < -0.4 is 14.4 Å². The van der Waals surface area contributed by atoms with E-state index in [1.165, 1.54) is 36.5 Å². The molecule has 3 aromatic rings. The van der Waals surface area contributed by atoms with Gasteiger partial charge in [-0.1, -0.05) is 36.4 Å². The number of carbonyl (C=O) groups is 1. The van der Waals surface area contributed by atoms with Crippen molar-refractivity contribution in [2.75, 3.05) is 23.3 Å². The fourth-order valence-electron chi connectivity index (χ4n) is 3.22. The Balaban J connectivity index is 1.96. The van der Waals surface area contributed by atoms with Crippen molar-refractivity contribution in [3.8, 4) is 5.75 Å². The molecule has 3 aromatic carbocycles. The van der Waals surface area contributed by atoms with Crippen molar-refractivity contribution < 1.29 is 23.1 Å². The second-order valence-corrected chi connectivity index (χ2v) is 9.16. The van der Waals surface area contributed by atoms with Gasteiger partial charge in [0.15, 0.2) is 5.70 Å². The topological polar surface area (TPSA) is 121 Å². The predicted molar refractivity (Wildman–Crippen MR) is 135 cm³/mol. The van der Waals surface area contributed by atoms with Crippen LogP contribution in [0.15, 0.2) is 105 Å². The summed E-state index contributed by atoms with van der Waals surface area (Å²) in [5, 5.41) is 20.6. The van der Waals surface area contributed by atoms with E-state index in [-0.39, 0.29) is 34.3 Å². The predicted octanol–water partition coefficient (Wildman–Crippen LogP) is 5.42. The summed E-state index contributed by atoms with van der Waals surface area (Å²) in [4.78, 5) is 12.6. The van der Waals surface area contributed by atoms with Gasteiger partial charge in [0.1, 0.15) is 17.2 Å². The molecule has 1 amide bonds. The number of aliphatic hydroxyl groups excluding tert-OH is 1. The van der Waals surface area contributed by atoms with E-state index in [1.807, 2.05) is 0 Å². The lowest BCUT2D eigenvalue weighted by atomic mass is 10.3. The zero-order chi connectivity index (χ0) is 25.4. The summed E-state index contributed by atoms with van der Waals surface area (Å²) in [6, 6.07) is 21.6. The first kappa shape index (κ1) is 25.4. The standard InChI is InChI=1S/C25H26N4O5S/c1-4-29(20-13-9-6-10-14-20)35(32,33)21-15-16-23(34-3)22(17-21)27-28-24(18(2)30)25(31)26-19-11-7-5-8-12-19/h5-17,30H,4H2,1-3H3,(H,26,31)/b24-18+,28-27?. The number of aliphatic hydroxyl groups is 1. The van der Waals surface area contributed by atoms with E-state index >= 15 is 0 Å². The minimum absolute atomic E-state index is 0.0297. The van der Waals surface area contributed by atoms with Gasteiger partial charge in [-0.3, -0.25) is 9.10 Å². The fourth-order valence-corrected chi connectivity index (χ4v) is 4.71. The third-order valence-electron chi connectivity index (χ3n) is 4.92. The number of benzene rings is 3. The molecule has 0 atom stereocenters. The number of azo groups is 1. The van der Waals surface area contributed by atoms with Gasteiger partial charge in [0, 0.05) is 12.2 Å². The Bertz CT molecular complexity index is 1340. The molecular formula is C25H26N4O5S. The zero-order valence-electron chi connectivity index (χ0n) is 19.5. The van der Waals surface area contributed by atoms with Crippen LogP contribution in [-0.4, -0.2) is 33.1 Å². The van der Waals surface area contributed by atoms with Crippen molar-refractivity contribution in [3.63, 3.8) is 0 Å². The van der Waals surface area contributed by atoms with Gasteiger partial charge in [0.25, 0.3) is 15.9 Å². The van der Waals surface area contributed by atoms with Gasteiger partial charge in [-0.25, -0.2) is 8.42 Å². The first-order valence-corrected chi connectivity index (χ1v) is 12.2. The highest BCUT2D eigenvalue weighted by Gasteiger charge is 2.25. The number of hydrogen-bond acceptors (Lipinski definition) is 7. The summed E-state index contributed by atoms with van der Waals surface area (Å²) in [6.45, 7) is 3.25. The van der Waals surface area contributed by atoms with Crippen molar-refractivity contribution in [3.05, 3.63) is 90.3 Å². The average molecular weight is 495 g/mol. The number of rotatable bonds is 9. The molecule has 0 bridgehead atoms. The first-order chi connectivity index (χ1) is 16.8. The average Bonchev–Trinajstić information content (AvgIpc) is 2.85. The number of anilines is 2. The van der Waals surface area contributed by atoms with Crippen molar-refractivity contribution in [1.82, 2.24) is 0 Å². The van der Waals surface area contributed by atoms with Crippen molar-refractivity contribution in [2.24, 2.45) is 10.2 Å². The van der Waals surface area contributed by atoms with Gasteiger partial charge in [-0.05, 0) is 56.3 Å². The van der Waals surface area contributed by atoms with Crippen LogP contribution in [0.3, 0.4) is 0 Å². The first-order valence-electron chi connectivity index (χ1n) is 10.7. The number of nitrogens with one attached hydrogen (secondary N) is 1. The highest BCUT2D eigenvalue weighted by molar-refractivity contribution is 7.92. The third-order valence-corrected chi connectivity index (χ3v) is 6.82. The third kappa shape index (κ3) is 6.04. The van der Waals surface area contributed by atoms with Crippen LogP contribution >= 0.6 is 0 Å². The number of ether oxygens (including phenoxy) is 1. The van der Waals surface area contributed by atoms with Gasteiger partial charge in [0.2, 0.25) is 0 Å². The Hall–Kier alpha value is -4.18. The maximum Gasteiger partial charge on any atom is 0.279 e. The lowest BCUT2D eigenvalue weighted by Crippen LogP contribution is -2.30. The molecule has 9 nitrogen and oxygen atoms in total. The highest BCUT2D eigenvalue weighted by Crippen LogP contribution is 2.33. The molecule has 0 saturated carbocycles. The van der Waals surface area contributed by atoms with Crippen LogP contribution in [0.1, 0.15) is 13.8 Å². The molecule has 0 saturated heterocycles. The fraction of sp³-hybridized carbons (Fsp3) is 0.160. The second-order valence-electron chi connectivity index (χ2n) is 7.29. The summed E-state index contributed by atoms with van der Waals surface area (Å²) in [6.07, 6.45) is 0. The van der Waals surface area contributed by atoms with Crippen molar-refractivity contribution >= 4 is 33.0 Å². The van der Waals surface area contributed by atoms with Crippen LogP contribution in [0.2, 0.25) is 0 Å². The molecular weight excluding hydrogens is 468 g/mol. The zero-order valence-corrected chi connectivity index (χ0v) is 20.4. The van der Waals surface area contributed by atoms with Gasteiger partial charge in [0.05, 0.1) is 17.7 Å². The molecule has 0 fully saturated rings. The molecule has 0 aliphatic heterocycles. The Kier molecular flexibility index (Phi) is 8.21. The Labute approximate surface area is 204 Å². The number of sulfonamides is 1. The van der Waals surface area contributed by atoms with Crippen molar-refractivity contribution in [1.29, 1.82) is 0 Å². The van der Waals surface area contributed by atoms with E-state index in [0.717, 1.165) is 0 Å². The molecule has 35 heavy (non-hydrogen) atoms. The largest absolute Gasteiger partial charge is 0.510 e. The second kappa shape index (κ2) is 11.3. The molecule has 0 aromatic heterocycles. The van der Waals surface area contributed by atoms with E-state index in [4.69, 9.17) is 4.74 Å². The summed E-state index contributed by atoms with van der Waals surface area (Å²) in [5.74, 6) is -0.788. The monoisotopic (exact) mass is 494 g/mol. The summed E-state index contributed by atoms with van der Waals surface area (Å²) >= 11 is 0. The number of amides is 1. The number of allylic oxidation sites excluding steroid dienone is 1. The minimum atomic E-state index is -3.93. The normalized spacial score (nSPS) is 12.2. The number of para-hydroxylation sites is 2. The van der Waals surface area contributed by atoms with Crippen LogP contribution in [0.25, 0.3) is 0 Å². The Morgan fingerprint density at radius 1 is 1.03 bits per heavy atom. The van der Waals surface area contributed by atoms with E-state index in [0.29, 0.717) is 11.4 Å². The maximum atomic E-state index is 13.4. The van der Waals surface area contributed by atoms with Crippen LogP contribution in [0.5, 0.6) is 5.75 Å². The lowest BCUT2D eigenvalue weighted by Gasteiger charge is -2.23. The summed E-state index contributed by atoms with van der Waals surface area (Å²) in [5.41, 5.74) is 0.776. The SMILES string of the molecule is CCN(c1ccccc1)S(=O)(=O)c1ccc(OC)c(N=N/C(C(=O)Nc2ccccc2)=C(\C)O)c1. The number of carbonyl (C=O) groups excluding carboxylic acids is 1. The van der Waals surface area contributed by atoms with Crippen molar-refractivity contribution in [2.45, 2.75) is 18.7 Å². The number of methoxy groups -OCH3 is 1. The van der Waals surface area contributed by atoms with E-state index in [2.05, 4.69) is 15.5 Å². The van der Waals surface area contributed by atoms with Crippen LogP contribution in [0.4, 0.5) is 17.1 Å². The van der Waals surface area contributed by atoms with E-state index < -0.39 is 15.9 Å². The molecule has 2 N–H and O–H groups in total. The Morgan fingerprint density at radius 3 is 2.23 bits per heavy atom. The molecule has 10 heteroatoms. The van der Waals surface area contributed by atoms with Gasteiger partial charge in [-0.15, -0.1) is 10.2 Å². The molecule has 0 unspecified atom stereocenters. The molecule has 0 heterocycles. The highest BCUT2D eigenvalue weighted by atomic mass is 32.2. The molecule has 0 aliphatic rings. The van der Waals surface area contributed by atoms with Gasteiger partial charge < -0.3 is 15.2 Å². The lowest BCUT2D eigenvalue weighted by molar-refractivity contribution is -0.113. The minimum Gasteiger partial charge on any atom is -0.510 e. The van der Waals surface area contributed by atoms with Crippen LogP contribution in [-0.2, 0) is 14.8 Å². The maximum absolute atomic E-state index is 13.4. The number of hydrogen-bond donors (Lipinski definition) is 2. The van der Waals surface area contributed by atoms with Crippen LogP contribution in [0, 0.1) is 0 Å². The molecule has 0 spiro atoms. The van der Waals surface area contributed by atoms with Gasteiger partial charge >= 0.3 is 0 Å². The Morgan fingerprint density at radius 2 is 1.66 bits per heavy atom. The smallest absolute Gasteiger partial charge is 0.279 e. The molecule has 0 radical (unpaired) electrons. The van der Waals surface area contributed by atoms with Gasteiger partial charge in [-0.2, -0.15) is 0 Å². The quantitative estimate of drug-likeness (QED) is 0.234. The molecule has 3 rings (SSSR count). The summed E-state index contributed by atoms with van der Waals surface area (Å²) < 4.78 is 33.3. The molecule has 182 valence electrons. The van der Waals surface area contributed by atoms with E-state index in [9.17, 15) is 18.3 Å². The number of nitrogens with zero attached hydrogens (tertiary/aromatic N) is 3. The van der Waals surface area contributed by atoms with E-state index in [1.54, 1.807) is 67.6 Å². The molecule has 0 aliphatic carbocycles. The summed E-state index contributed by atoms with van der Waals surface area (Å²) in [7, 11) is -2.52.